The van der Waals surface area contributed by atoms with Crippen LogP contribution in [0.1, 0.15) is 24.1 Å². The summed E-state index contributed by atoms with van der Waals surface area (Å²) in [6, 6.07) is 4.86. The van der Waals surface area contributed by atoms with E-state index in [9.17, 15) is 8.78 Å². The van der Waals surface area contributed by atoms with Gasteiger partial charge in [-0.1, -0.05) is 29.8 Å². The van der Waals surface area contributed by atoms with Gasteiger partial charge in [-0.3, -0.25) is 0 Å². The van der Waals surface area contributed by atoms with E-state index in [1.54, 1.807) is 12.1 Å². The molecule has 0 saturated heterocycles. The highest BCUT2D eigenvalue weighted by atomic mass is 19.3. The van der Waals surface area contributed by atoms with E-state index in [0.717, 1.165) is 5.56 Å². The van der Waals surface area contributed by atoms with Gasteiger partial charge in [0.05, 0.1) is 0 Å². The molecule has 1 atom stereocenters. The van der Waals surface area contributed by atoms with Gasteiger partial charge in [0.15, 0.2) is 6.04 Å². The van der Waals surface area contributed by atoms with Crippen LogP contribution in [0, 0.1) is 6.92 Å². The van der Waals surface area contributed by atoms with Gasteiger partial charge >= 0.3 is 5.92 Å². The molecule has 3 nitrogen and oxygen atoms in total. The fraction of sp³-hybridized carbons (Fsp3) is 0.455. The van der Waals surface area contributed by atoms with Crippen molar-refractivity contribution in [2.24, 2.45) is 0 Å². The summed E-state index contributed by atoms with van der Waals surface area (Å²) in [5.41, 5.74) is 4.51. The number of quaternary nitrogens is 1. The van der Waals surface area contributed by atoms with Gasteiger partial charge in [0, 0.05) is 5.56 Å². The Bertz CT molecular complexity index is 357. The molecule has 0 fully saturated rings. The summed E-state index contributed by atoms with van der Waals surface area (Å²) < 4.78 is 27.1. The van der Waals surface area contributed by atoms with Gasteiger partial charge in [-0.2, -0.15) is 8.78 Å². The molecule has 0 amide bonds. The van der Waals surface area contributed by atoms with Crippen LogP contribution in [0.25, 0.3) is 0 Å². The van der Waals surface area contributed by atoms with Crippen molar-refractivity contribution in [3.63, 3.8) is 0 Å². The molecule has 0 aliphatic heterocycles. The van der Waals surface area contributed by atoms with Crippen LogP contribution in [-0.2, 0) is 0 Å². The first-order valence-electron chi connectivity index (χ1n) is 4.88. The number of halogens is 2. The van der Waals surface area contributed by atoms with Crippen molar-refractivity contribution in [2.45, 2.75) is 31.6 Å². The Morgan fingerprint density at radius 3 is 2.00 bits per heavy atom. The number of alkyl halides is 2. The lowest BCUT2D eigenvalue weighted by Gasteiger charge is -2.29. The summed E-state index contributed by atoms with van der Waals surface area (Å²) >= 11 is 0. The first-order chi connectivity index (χ1) is 7.16. The Morgan fingerprint density at radius 2 is 1.62 bits per heavy atom. The van der Waals surface area contributed by atoms with E-state index in [1.165, 1.54) is 12.1 Å². The van der Waals surface area contributed by atoms with Gasteiger partial charge in [0.1, 0.15) is 0 Å². The van der Waals surface area contributed by atoms with Gasteiger partial charge in [-0.05, 0) is 13.8 Å². The molecule has 0 bridgehead atoms. The second-order valence-corrected chi connectivity index (χ2v) is 4.11. The van der Waals surface area contributed by atoms with Gasteiger partial charge in [-0.25, -0.2) is 0 Å². The van der Waals surface area contributed by atoms with Crippen molar-refractivity contribution in [3.05, 3.63) is 35.4 Å². The van der Waals surface area contributed by atoms with Gasteiger partial charge in [0.25, 0.3) is 0 Å². The number of aliphatic hydroxyl groups is 2. The molecular formula is C11H16F2NO2+. The molecule has 0 radical (unpaired) electrons. The fourth-order valence-corrected chi connectivity index (χ4v) is 1.34. The van der Waals surface area contributed by atoms with Crippen LogP contribution in [0.2, 0.25) is 0 Å². The van der Waals surface area contributed by atoms with E-state index in [0.29, 0.717) is 6.92 Å². The van der Waals surface area contributed by atoms with E-state index in [1.807, 2.05) is 6.92 Å². The quantitative estimate of drug-likeness (QED) is 0.668. The molecule has 1 aromatic rings. The fourth-order valence-electron chi connectivity index (χ4n) is 1.34. The first-order valence-corrected chi connectivity index (χ1v) is 4.88. The third kappa shape index (κ3) is 2.37. The van der Waals surface area contributed by atoms with E-state index in [2.05, 4.69) is 5.73 Å². The summed E-state index contributed by atoms with van der Waals surface area (Å²) in [7, 11) is 0. The molecule has 0 heterocycles. The highest BCUT2D eigenvalue weighted by molar-refractivity contribution is 5.24. The monoisotopic (exact) mass is 232 g/mol. The van der Waals surface area contributed by atoms with Gasteiger partial charge < -0.3 is 15.9 Å². The van der Waals surface area contributed by atoms with Crippen LogP contribution in [0.4, 0.5) is 8.78 Å². The number of rotatable bonds is 3. The Hall–Kier alpha value is -1.04. The van der Waals surface area contributed by atoms with E-state index in [4.69, 9.17) is 10.2 Å². The molecule has 16 heavy (non-hydrogen) atoms. The highest BCUT2D eigenvalue weighted by Crippen LogP contribution is 2.36. The lowest BCUT2D eigenvalue weighted by atomic mass is 9.95. The number of benzene rings is 1. The minimum Gasteiger partial charge on any atom is -0.361 e. The zero-order valence-corrected chi connectivity index (χ0v) is 9.24. The van der Waals surface area contributed by atoms with Crippen molar-refractivity contribution in [3.8, 4) is 0 Å². The summed E-state index contributed by atoms with van der Waals surface area (Å²) in [4.78, 5) is 0. The first kappa shape index (κ1) is 13.0. The SMILES string of the molecule is Cc1ccc(C([NH3+])C(F)(F)C(C)(O)O)cc1. The summed E-state index contributed by atoms with van der Waals surface area (Å²) in [5, 5.41) is 18.0. The molecule has 5 heteroatoms. The number of hydrogen-bond donors (Lipinski definition) is 3. The molecule has 1 unspecified atom stereocenters. The summed E-state index contributed by atoms with van der Waals surface area (Å²) in [5.74, 6) is -6.79. The van der Waals surface area contributed by atoms with Crippen LogP contribution < -0.4 is 5.73 Å². The molecular weight excluding hydrogens is 216 g/mol. The maximum Gasteiger partial charge on any atom is 0.354 e. The zero-order chi connectivity index (χ0) is 12.6. The van der Waals surface area contributed by atoms with Crippen LogP contribution in [0.15, 0.2) is 24.3 Å². The second kappa shape index (κ2) is 4.08. The van der Waals surface area contributed by atoms with Crippen LogP contribution in [-0.4, -0.2) is 21.9 Å². The van der Waals surface area contributed by atoms with E-state index < -0.39 is 17.8 Å². The predicted molar refractivity (Wildman–Crippen MR) is 54.6 cm³/mol. The Balaban J connectivity index is 3.02. The van der Waals surface area contributed by atoms with Gasteiger partial charge in [0.2, 0.25) is 5.79 Å². The standard InChI is InChI=1S/C11H15F2NO2/c1-7-3-5-8(6-4-7)9(14)11(12,13)10(2,15)16/h3-6,9,15-16H,14H2,1-2H3/p+1. The predicted octanol–water partition coefficient (Wildman–Crippen LogP) is 0.614. The van der Waals surface area contributed by atoms with Gasteiger partial charge in [-0.15, -0.1) is 0 Å². The highest BCUT2D eigenvalue weighted by Gasteiger charge is 2.56. The lowest BCUT2D eigenvalue weighted by molar-refractivity contribution is -0.497. The van der Waals surface area contributed by atoms with Crippen molar-refractivity contribution in [1.29, 1.82) is 0 Å². The molecule has 0 aliphatic rings. The number of aryl methyl sites for hydroxylation is 1. The zero-order valence-electron chi connectivity index (χ0n) is 9.24. The number of hydrogen-bond acceptors (Lipinski definition) is 2. The minimum absolute atomic E-state index is 0.268. The third-order valence-electron chi connectivity index (χ3n) is 2.55. The maximum absolute atomic E-state index is 13.5. The molecule has 90 valence electrons. The largest absolute Gasteiger partial charge is 0.361 e. The topological polar surface area (TPSA) is 68.1 Å². The molecule has 1 aromatic carbocycles. The van der Waals surface area contributed by atoms with E-state index >= 15 is 0 Å². The Morgan fingerprint density at radius 1 is 1.19 bits per heavy atom. The Kier molecular flexibility index (Phi) is 3.33. The van der Waals surface area contributed by atoms with Crippen molar-refractivity contribution in [1.82, 2.24) is 0 Å². The van der Waals surface area contributed by atoms with Crippen molar-refractivity contribution in [2.75, 3.05) is 0 Å². The smallest absolute Gasteiger partial charge is 0.354 e. The molecule has 0 spiro atoms. The molecule has 0 aromatic heterocycles. The second-order valence-electron chi connectivity index (χ2n) is 4.11. The average molecular weight is 232 g/mol. The maximum atomic E-state index is 13.5. The van der Waals surface area contributed by atoms with Crippen LogP contribution in [0.5, 0.6) is 0 Å². The summed E-state index contributed by atoms with van der Waals surface area (Å²) in [6.07, 6.45) is 0. The summed E-state index contributed by atoms with van der Waals surface area (Å²) in [6.45, 7) is 2.49. The molecule has 0 aliphatic carbocycles. The third-order valence-corrected chi connectivity index (χ3v) is 2.55. The lowest BCUT2D eigenvalue weighted by Crippen LogP contribution is -2.67. The normalized spacial score (nSPS) is 14.9. The van der Waals surface area contributed by atoms with Crippen LogP contribution in [0.3, 0.4) is 0 Å². The molecule has 5 N–H and O–H groups in total. The Labute approximate surface area is 92.5 Å². The average Bonchev–Trinajstić information content (AvgIpc) is 2.16. The minimum atomic E-state index is -3.71. The molecule has 0 saturated carbocycles. The van der Waals surface area contributed by atoms with E-state index in [-0.39, 0.29) is 5.56 Å². The molecule has 1 rings (SSSR count). The van der Waals surface area contributed by atoms with Crippen molar-refractivity contribution >= 4 is 0 Å². The van der Waals surface area contributed by atoms with Crippen molar-refractivity contribution < 1.29 is 24.7 Å². The van der Waals surface area contributed by atoms with Crippen LogP contribution >= 0.6 is 0 Å².